The Hall–Kier alpha value is -3.09. The van der Waals surface area contributed by atoms with Gasteiger partial charge in [-0.2, -0.15) is 0 Å². The first-order chi connectivity index (χ1) is 12.0. The number of nitro benzene ring substituents is 1. The van der Waals surface area contributed by atoms with Crippen LogP contribution in [-0.2, 0) is 11.2 Å². The largest absolute Gasteiger partial charge is 0.486 e. The molecule has 1 heterocycles. The lowest BCUT2D eigenvalue weighted by atomic mass is 10.1. The highest BCUT2D eigenvalue weighted by Crippen LogP contribution is 2.31. The molecule has 0 radical (unpaired) electrons. The Morgan fingerprint density at radius 3 is 2.60 bits per heavy atom. The molecule has 1 amide bonds. The first-order valence-corrected chi connectivity index (χ1v) is 7.94. The van der Waals surface area contributed by atoms with Gasteiger partial charge in [-0.15, -0.1) is 0 Å². The van der Waals surface area contributed by atoms with Crippen molar-refractivity contribution in [3.63, 3.8) is 0 Å². The smallest absolute Gasteiger partial charge is 0.269 e. The van der Waals surface area contributed by atoms with Crippen LogP contribution in [0.25, 0.3) is 0 Å². The SMILES string of the molecule is C[C@H](NC(=O)Cc1ccc([N+](=O)[O-])cc1)[C@H]1COc2ccccc2O1. The van der Waals surface area contributed by atoms with Crippen LogP contribution >= 0.6 is 0 Å². The number of carbonyl (C=O) groups is 1. The number of carbonyl (C=O) groups excluding carboxylic acids is 1. The average molecular weight is 342 g/mol. The molecule has 0 aromatic heterocycles. The van der Waals surface area contributed by atoms with Crippen LogP contribution in [0.2, 0.25) is 0 Å². The van der Waals surface area contributed by atoms with E-state index < -0.39 is 4.92 Å². The average Bonchev–Trinajstić information content (AvgIpc) is 2.61. The van der Waals surface area contributed by atoms with Crippen molar-refractivity contribution in [2.75, 3.05) is 6.61 Å². The van der Waals surface area contributed by atoms with Gasteiger partial charge in [0.15, 0.2) is 17.6 Å². The Bertz CT molecular complexity index is 775. The van der Waals surface area contributed by atoms with Gasteiger partial charge in [0.05, 0.1) is 17.4 Å². The number of para-hydroxylation sites is 2. The van der Waals surface area contributed by atoms with E-state index >= 15 is 0 Å². The van der Waals surface area contributed by atoms with Gasteiger partial charge in [0.2, 0.25) is 5.91 Å². The molecule has 0 spiro atoms. The third kappa shape index (κ3) is 4.06. The van der Waals surface area contributed by atoms with Gasteiger partial charge in [-0.1, -0.05) is 24.3 Å². The van der Waals surface area contributed by atoms with Crippen molar-refractivity contribution < 1.29 is 19.2 Å². The van der Waals surface area contributed by atoms with E-state index in [1.807, 2.05) is 31.2 Å². The summed E-state index contributed by atoms with van der Waals surface area (Å²) in [6, 6.07) is 13.1. The minimum Gasteiger partial charge on any atom is -0.486 e. The van der Waals surface area contributed by atoms with E-state index in [2.05, 4.69) is 5.32 Å². The zero-order chi connectivity index (χ0) is 17.8. The van der Waals surface area contributed by atoms with Crippen molar-refractivity contribution in [1.82, 2.24) is 5.32 Å². The molecular formula is C18H18N2O5. The number of fused-ring (bicyclic) bond motifs is 1. The van der Waals surface area contributed by atoms with Crippen LogP contribution in [-0.4, -0.2) is 29.6 Å². The summed E-state index contributed by atoms with van der Waals surface area (Å²) in [5.41, 5.74) is 0.713. The van der Waals surface area contributed by atoms with Crippen LogP contribution in [0.15, 0.2) is 48.5 Å². The van der Waals surface area contributed by atoms with Gasteiger partial charge in [-0.05, 0) is 24.6 Å². The summed E-state index contributed by atoms with van der Waals surface area (Å²) >= 11 is 0. The fourth-order valence-corrected chi connectivity index (χ4v) is 2.60. The summed E-state index contributed by atoms with van der Waals surface area (Å²) in [6.07, 6.45) is -0.136. The molecule has 2 aromatic rings. The molecule has 2 atom stereocenters. The third-order valence-electron chi connectivity index (χ3n) is 3.99. The molecule has 1 aliphatic rings. The van der Waals surface area contributed by atoms with Crippen LogP contribution in [0.4, 0.5) is 5.69 Å². The zero-order valence-corrected chi connectivity index (χ0v) is 13.7. The molecule has 0 fully saturated rings. The van der Waals surface area contributed by atoms with Crippen LogP contribution < -0.4 is 14.8 Å². The maximum Gasteiger partial charge on any atom is 0.269 e. The van der Waals surface area contributed by atoms with Gasteiger partial charge in [-0.25, -0.2) is 0 Å². The minimum atomic E-state index is -0.468. The number of nitrogens with one attached hydrogen (secondary N) is 1. The summed E-state index contributed by atoms with van der Waals surface area (Å²) in [6.45, 7) is 2.21. The number of ether oxygens (including phenoxy) is 2. The van der Waals surface area contributed by atoms with E-state index in [-0.39, 0.29) is 30.2 Å². The first kappa shape index (κ1) is 16.8. The van der Waals surface area contributed by atoms with Gasteiger partial charge < -0.3 is 14.8 Å². The van der Waals surface area contributed by atoms with Gasteiger partial charge in [-0.3, -0.25) is 14.9 Å². The van der Waals surface area contributed by atoms with Crippen LogP contribution in [0, 0.1) is 10.1 Å². The number of hydrogen-bond acceptors (Lipinski definition) is 5. The van der Waals surface area contributed by atoms with Gasteiger partial charge in [0, 0.05) is 12.1 Å². The van der Waals surface area contributed by atoms with Gasteiger partial charge in [0.1, 0.15) is 6.61 Å². The third-order valence-corrected chi connectivity index (χ3v) is 3.99. The highest BCUT2D eigenvalue weighted by Gasteiger charge is 2.27. The Morgan fingerprint density at radius 2 is 1.92 bits per heavy atom. The van der Waals surface area contributed by atoms with E-state index in [0.717, 1.165) is 0 Å². The second kappa shape index (κ2) is 7.21. The van der Waals surface area contributed by atoms with Crippen molar-refractivity contribution in [2.24, 2.45) is 0 Å². The predicted octanol–water partition coefficient (Wildman–Crippen LogP) is 2.48. The molecule has 0 saturated heterocycles. The van der Waals surface area contributed by atoms with E-state index in [1.165, 1.54) is 12.1 Å². The number of non-ortho nitro benzene ring substituents is 1. The van der Waals surface area contributed by atoms with Crippen LogP contribution in [0.5, 0.6) is 11.5 Å². The topological polar surface area (TPSA) is 90.7 Å². The van der Waals surface area contributed by atoms with E-state index in [4.69, 9.17) is 9.47 Å². The molecule has 7 nitrogen and oxygen atoms in total. The fourth-order valence-electron chi connectivity index (χ4n) is 2.60. The predicted molar refractivity (Wildman–Crippen MR) is 90.8 cm³/mol. The summed E-state index contributed by atoms with van der Waals surface area (Å²) in [7, 11) is 0. The lowest BCUT2D eigenvalue weighted by Gasteiger charge is -2.30. The Balaban J connectivity index is 1.55. The van der Waals surface area contributed by atoms with E-state index in [9.17, 15) is 14.9 Å². The number of nitrogens with zero attached hydrogens (tertiary/aromatic N) is 1. The van der Waals surface area contributed by atoms with E-state index in [1.54, 1.807) is 12.1 Å². The molecule has 0 bridgehead atoms. The van der Waals surface area contributed by atoms with Crippen LogP contribution in [0.1, 0.15) is 12.5 Å². The highest BCUT2D eigenvalue weighted by atomic mass is 16.6. The lowest BCUT2D eigenvalue weighted by molar-refractivity contribution is -0.384. The molecule has 1 aliphatic heterocycles. The maximum absolute atomic E-state index is 12.2. The Labute approximate surface area is 144 Å². The van der Waals surface area contributed by atoms with Crippen molar-refractivity contribution >= 4 is 11.6 Å². The highest BCUT2D eigenvalue weighted by molar-refractivity contribution is 5.79. The van der Waals surface area contributed by atoms with E-state index in [0.29, 0.717) is 23.7 Å². The van der Waals surface area contributed by atoms with Crippen molar-refractivity contribution in [1.29, 1.82) is 0 Å². The van der Waals surface area contributed by atoms with Crippen LogP contribution in [0.3, 0.4) is 0 Å². The number of nitro groups is 1. The molecule has 1 N–H and O–H groups in total. The lowest BCUT2D eigenvalue weighted by Crippen LogP contribution is -2.48. The molecule has 25 heavy (non-hydrogen) atoms. The monoisotopic (exact) mass is 342 g/mol. The second-order valence-electron chi connectivity index (χ2n) is 5.87. The van der Waals surface area contributed by atoms with Crippen molar-refractivity contribution in [3.8, 4) is 11.5 Å². The molecule has 2 aromatic carbocycles. The summed E-state index contributed by atoms with van der Waals surface area (Å²) < 4.78 is 11.5. The molecule has 0 saturated carbocycles. The quantitative estimate of drug-likeness (QED) is 0.666. The Morgan fingerprint density at radius 1 is 1.24 bits per heavy atom. The molecule has 130 valence electrons. The Kier molecular flexibility index (Phi) is 4.83. The van der Waals surface area contributed by atoms with Crippen molar-refractivity contribution in [3.05, 3.63) is 64.2 Å². The molecular weight excluding hydrogens is 324 g/mol. The standard InChI is InChI=1S/C18H18N2O5/c1-12(17-11-24-15-4-2-3-5-16(15)25-17)19-18(21)10-13-6-8-14(9-7-13)20(22)23/h2-9,12,17H,10-11H2,1H3,(H,19,21)/t12-,17+/m0/s1. The van der Waals surface area contributed by atoms with Gasteiger partial charge in [0.25, 0.3) is 5.69 Å². The molecule has 3 rings (SSSR count). The minimum absolute atomic E-state index is 0.00365. The number of rotatable bonds is 5. The fraction of sp³-hybridized carbons (Fsp3) is 0.278. The first-order valence-electron chi connectivity index (χ1n) is 7.94. The summed E-state index contributed by atoms with van der Waals surface area (Å²) in [4.78, 5) is 22.4. The van der Waals surface area contributed by atoms with Crippen molar-refractivity contribution in [2.45, 2.75) is 25.5 Å². The normalized spacial score (nSPS) is 16.8. The number of benzene rings is 2. The molecule has 0 aliphatic carbocycles. The number of hydrogen-bond donors (Lipinski definition) is 1. The second-order valence-corrected chi connectivity index (χ2v) is 5.87. The maximum atomic E-state index is 12.2. The van der Waals surface area contributed by atoms with Gasteiger partial charge >= 0.3 is 0 Å². The summed E-state index contributed by atoms with van der Waals surface area (Å²) in [5, 5.41) is 13.5. The zero-order valence-electron chi connectivity index (χ0n) is 13.7. The summed E-state index contributed by atoms with van der Waals surface area (Å²) in [5.74, 6) is 1.18. The number of amides is 1. The molecule has 0 unspecified atom stereocenters. The molecule has 7 heteroatoms.